The fraction of sp³-hybridized carbons (Fsp3) is 0.333. The molecule has 0 fully saturated rings. The van der Waals surface area contributed by atoms with E-state index in [0.29, 0.717) is 5.92 Å². The number of fused-ring (bicyclic) bond motifs is 1. The lowest BCUT2D eigenvalue weighted by Gasteiger charge is -2.24. The second kappa shape index (κ2) is 5.78. The van der Waals surface area contributed by atoms with Gasteiger partial charge in [-0.05, 0) is 28.7 Å². The average Bonchev–Trinajstić information content (AvgIpc) is 2.96. The van der Waals surface area contributed by atoms with E-state index >= 15 is 0 Å². The van der Waals surface area contributed by atoms with Gasteiger partial charge in [-0.25, -0.2) is 0 Å². The number of benzene rings is 2. The van der Waals surface area contributed by atoms with Gasteiger partial charge in [0.1, 0.15) is 0 Å². The zero-order chi connectivity index (χ0) is 13.9. The molecule has 0 aromatic heterocycles. The van der Waals surface area contributed by atoms with Crippen LogP contribution in [0.3, 0.4) is 0 Å². The summed E-state index contributed by atoms with van der Waals surface area (Å²) in [5, 5.41) is 0. The average molecular weight is 267 g/mol. The Morgan fingerprint density at radius 1 is 1.00 bits per heavy atom. The van der Waals surface area contributed by atoms with Crippen LogP contribution in [0.2, 0.25) is 0 Å². The van der Waals surface area contributed by atoms with Crippen LogP contribution in [0.1, 0.15) is 47.6 Å². The second-order valence-electron chi connectivity index (χ2n) is 5.47. The normalized spacial score (nSPS) is 16.7. The van der Waals surface area contributed by atoms with E-state index < -0.39 is 0 Å². The molecule has 104 valence electrons. The Kier molecular flexibility index (Phi) is 3.86. The topological polar surface area (TPSA) is 35.2 Å². The van der Waals surface area contributed by atoms with Gasteiger partial charge in [0.05, 0.1) is 13.2 Å². The third kappa shape index (κ3) is 2.49. The van der Waals surface area contributed by atoms with Gasteiger partial charge in [0, 0.05) is 12.0 Å². The van der Waals surface area contributed by atoms with E-state index in [1.165, 1.54) is 22.3 Å². The van der Waals surface area contributed by atoms with E-state index in [-0.39, 0.29) is 6.04 Å². The minimum absolute atomic E-state index is 0.0355. The third-order valence-corrected chi connectivity index (χ3v) is 4.23. The van der Waals surface area contributed by atoms with Gasteiger partial charge in [0.25, 0.3) is 0 Å². The van der Waals surface area contributed by atoms with Crippen LogP contribution in [-0.4, -0.2) is 0 Å². The molecule has 2 nitrogen and oxygen atoms in total. The van der Waals surface area contributed by atoms with E-state index in [4.69, 9.17) is 10.5 Å². The van der Waals surface area contributed by atoms with Gasteiger partial charge in [-0.15, -0.1) is 0 Å². The molecular weight excluding hydrogens is 246 g/mol. The standard InChI is InChI=1S/C18H21NO/c1-2-17(13-6-4-3-5-7-13)18(19)14-8-9-15-11-20-12-16(15)10-14/h3-10,17-18H,2,11-12,19H2,1H3. The molecule has 0 radical (unpaired) electrons. The Bertz CT molecular complexity index is 579. The van der Waals surface area contributed by atoms with Gasteiger partial charge in [-0.1, -0.05) is 55.5 Å². The maximum absolute atomic E-state index is 6.54. The monoisotopic (exact) mass is 267 g/mol. The summed E-state index contributed by atoms with van der Waals surface area (Å²) in [4.78, 5) is 0. The molecule has 0 spiro atoms. The Balaban J connectivity index is 1.89. The Hall–Kier alpha value is -1.64. The Morgan fingerprint density at radius 2 is 1.75 bits per heavy atom. The van der Waals surface area contributed by atoms with Crippen LogP contribution >= 0.6 is 0 Å². The minimum atomic E-state index is 0.0355. The van der Waals surface area contributed by atoms with Crippen molar-refractivity contribution in [3.8, 4) is 0 Å². The lowest BCUT2D eigenvalue weighted by Crippen LogP contribution is -2.19. The molecule has 2 heteroatoms. The van der Waals surface area contributed by atoms with E-state index in [9.17, 15) is 0 Å². The van der Waals surface area contributed by atoms with Crippen molar-refractivity contribution in [3.05, 3.63) is 70.8 Å². The third-order valence-electron chi connectivity index (χ3n) is 4.23. The van der Waals surface area contributed by atoms with Gasteiger partial charge in [-0.3, -0.25) is 0 Å². The summed E-state index contributed by atoms with van der Waals surface area (Å²) in [6, 6.07) is 17.1. The van der Waals surface area contributed by atoms with Crippen molar-refractivity contribution in [2.45, 2.75) is 38.5 Å². The second-order valence-corrected chi connectivity index (χ2v) is 5.47. The van der Waals surface area contributed by atoms with Crippen LogP contribution in [0.5, 0.6) is 0 Å². The van der Waals surface area contributed by atoms with Gasteiger partial charge >= 0.3 is 0 Å². The van der Waals surface area contributed by atoms with Gasteiger partial charge in [0.15, 0.2) is 0 Å². The van der Waals surface area contributed by atoms with E-state index in [1.54, 1.807) is 0 Å². The first-order chi connectivity index (χ1) is 9.79. The highest BCUT2D eigenvalue weighted by Crippen LogP contribution is 2.33. The summed E-state index contributed by atoms with van der Waals surface area (Å²) in [5.41, 5.74) is 11.7. The van der Waals surface area contributed by atoms with Gasteiger partial charge in [-0.2, -0.15) is 0 Å². The van der Waals surface area contributed by atoms with Crippen LogP contribution < -0.4 is 5.73 Å². The predicted octanol–water partition coefficient (Wildman–Crippen LogP) is 3.91. The first-order valence-electron chi connectivity index (χ1n) is 7.29. The minimum Gasteiger partial charge on any atom is -0.372 e. The first kappa shape index (κ1) is 13.3. The predicted molar refractivity (Wildman–Crippen MR) is 81.3 cm³/mol. The van der Waals surface area contributed by atoms with Crippen molar-refractivity contribution in [2.75, 3.05) is 0 Å². The molecular formula is C18H21NO. The van der Waals surface area contributed by atoms with Crippen molar-refractivity contribution in [2.24, 2.45) is 5.73 Å². The molecule has 0 amide bonds. The van der Waals surface area contributed by atoms with Crippen molar-refractivity contribution >= 4 is 0 Å². The smallest absolute Gasteiger partial charge is 0.0725 e. The van der Waals surface area contributed by atoms with E-state index in [0.717, 1.165) is 19.6 Å². The summed E-state index contributed by atoms with van der Waals surface area (Å²) >= 11 is 0. The highest BCUT2D eigenvalue weighted by atomic mass is 16.5. The van der Waals surface area contributed by atoms with Crippen LogP contribution in [0, 0.1) is 0 Å². The molecule has 0 aliphatic carbocycles. The van der Waals surface area contributed by atoms with Crippen LogP contribution in [-0.2, 0) is 18.0 Å². The zero-order valence-electron chi connectivity index (χ0n) is 11.9. The number of nitrogens with two attached hydrogens (primary N) is 1. The number of rotatable bonds is 4. The molecule has 3 rings (SSSR count). The molecule has 0 saturated heterocycles. The molecule has 2 atom stereocenters. The van der Waals surface area contributed by atoms with Crippen LogP contribution in [0.15, 0.2) is 48.5 Å². The highest BCUT2D eigenvalue weighted by molar-refractivity contribution is 5.36. The summed E-state index contributed by atoms with van der Waals surface area (Å²) in [5.74, 6) is 0.358. The molecule has 2 unspecified atom stereocenters. The lowest BCUT2D eigenvalue weighted by atomic mass is 9.85. The summed E-state index contributed by atoms with van der Waals surface area (Å²) in [7, 11) is 0. The summed E-state index contributed by atoms with van der Waals surface area (Å²) in [6.45, 7) is 3.66. The highest BCUT2D eigenvalue weighted by Gasteiger charge is 2.21. The lowest BCUT2D eigenvalue weighted by molar-refractivity contribution is 0.134. The summed E-state index contributed by atoms with van der Waals surface area (Å²) in [6.07, 6.45) is 1.04. The number of ether oxygens (including phenoxy) is 1. The van der Waals surface area contributed by atoms with E-state index in [1.807, 2.05) is 0 Å². The van der Waals surface area contributed by atoms with Gasteiger partial charge in [0.2, 0.25) is 0 Å². The number of hydrogen-bond acceptors (Lipinski definition) is 2. The molecule has 1 heterocycles. The fourth-order valence-electron chi connectivity index (χ4n) is 3.03. The largest absolute Gasteiger partial charge is 0.372 e. The quantitative estimate of drug-likeness (QED) is 0.911. The van der Waals surface area contributed by atoms with Crippen molar-refractivity contribution in [1.29, 1.82) is 0 Å². The maximum atomic E-state index is 6.54. The SMILES string of the molecule is CCC(c1ccccc1)C(N)c1ccc2c(c1)COC2. The molecule has 2 aromatic carbocycles. The fourth-order valence-corrected chi connectivity index (χ4v) is 3.03. The Labute approximate surface area is 120 Å². The summed E-state index contributed by atoms with van der Waals surface area (Å²) < 4.78 is 5.48. The first-order valence-corrected chi connectivity index (χ1v) is 7.29. The maximum Gasteiger partial charge on any atom is 0.0725 e. The molecule has 20 heavy (non-hydrogen) atoms. The van der Waals surface area contributed by atoms with Crippen LogP contribution in [0.4, 0.5) is 0 Å². The zero-order valence-corrected chi connectivity index (χ0v) is 11.9. The molecule has 2 N–H and O–H groups in total. The van der Waals surface area contributed by atoms with Crippen LogP contribution in [0.25, 0.3) is 0 Å². The molecule has 1 aliphatic heterocycles. The van der Waals surface area contributed by atoms with Crippen molar-refractivity contribution in [3.63, 3.8) is 0 Å². The van der Waals surface area contributed by atoms with E-state index in [2.05, 4.69) is 55.5 Å². The Morgan fingerprint density at radius 3 is 2.50 bits per heavy atom. The van der Waals surface area contributed by atoms with Crippen molar-refractivity contribution < 1.29 is 4.74 Å². The van der Waals surface area contributed by atoms with Crippen molar-refractivity contribution in [1.82, 2.24) is 0 Å². The number of hydrogen-bond donors (Lipinski definition) is 1. The molecule has 1 aliphatic rings. The molecule has 0 bridgehead atoms. The molecule has 2 aromatic rings. The molecule has 0 saturated carbocycles. The van der Waals surface area contributed by atoms with Gasteiger partial charge < -0.3 is 10.5 Å².